The van der Waals surface area contributed by atoms with Crippen LogP contribution in [0.15, 0.2) is 16.9 Å². The van der Waals surface area contributed by atoms with Crippen LogP contribution >= 0.6 is 0 Å². The number of aromatic nitrogens is 4. The Morgan fingerprint density at radius 3 is 2.83 bits per heavy atom. The van der Waals surface area contributed by atoms with Crippen molar-refractivity contribution in [2.24, 2.45) is 0 Å². The lowest BCUT2D eigenvalue weighted by atomic mass is 10.1. The maximum atomic E-state index is 9.66. The van der Waals surface area contributed by atoms with E-state index in [1.165, 1.54) is 6.33 Å². The molecule has 0 saturated heterocycles. The lowest BCUT2D eigenvalue weighted by Crippen LogP contribution is -2.16. The summed E-state index contributed by atoms with van der Waals surface area (Å²) in [7, 11) is 0. The monoisotopic (exact) mass is 250 g/mol. The quantitative estimate of drug-likeness (QED) is 0.876. The van der Waals surface area contributed by atoms with Crippen molar-refractivity contribution >= 4 is 0 Å². The van der Waals surface area contributed by atoms with Gasteiger partial charge in [0.1, 0.15) is 6.33 Å². The van der Waals surface area contributed by atoms with Crippen molar-refractivity contribution in [1.29, 1.82) is 0 Å². The summed E-state index contributed by atoms with van der Waals surface area (Å²) in [5.74, 6) is 1.49. The minimum atomic E-state index is -0.432. The van der Waals surface area contributed by atoms with Gasteiger partial charge in [-0.05, 0) is 12.3 Å². The minimum absolute atomic E-state index is 0.306. The van der Waals surface area contributed by atoms with E-state index < -0.39 is 6.10 Å². The van der Waals surface area contributed by atoms with E-state index in [1.807, 2.05) is 26.8 Å². The fraction of sp³-hybridized carbons (Fsp3) is 0.583. The van der Waals surface area contributed by atoms with Crippen LogP contribution in [0.5, 0.6) is 0 Å². The molecule has 0 aliphatic carbocycles. The molecule has 1 N–H and O–H groups in total. The summed E-state index contributed by atoms with van der Waals surface area (Å²) >= 11 is 0. The van der Waals surface area contributed by atoms with E-state index in [0.717, 1.165) is 5.69 Å². The number of aliphatic hydroxyl groups excluding tert-OH is 1. The molecule has 0 bridgehead atoms. The maximum absolute atomic E-state index is 9.66. The lowest BCUT2D eigenvalue weighted by molar-refractivity contribution is 0.145. The molecular weight excluding hydrogens is 232 g/mol. The topological polar surface area (TPSA) is 77.0 Å². The molecule has 1 unspecified atom stereocenters. The van der Waals surface area contributed by atoms with Crippen molar-refractivity contribution in [1.82, 2.24) is 19.9 Å². The maximum Gasteiger partial charge on any atom is 0.204 e. The second-order valence-electron chi connectivity index (χ2n) is 4.60. The largest absolute Gasteiger partial charge is 0.391 e. The Kier molecular flexibility index (Phi) is 3.76. The van der Waals surface area contributed by atoms with Gasteiger partial charge in [-0.25, -0.2) is 9.67 Å². The first-order valence-corrected chi connectivity index (χ1v) is 6.14. The molecule has 0 aliphatic heterocycles. The van der Waals surface area contributed by atoms with Gasteiger partial charge in [-0.15, -0.1) is 0 Å². The summed E-state index contributed by atoms with van der Waals surface area (Å²) in [5.41, 5.74) is 0.885. The molecule has 0 aliphatic rings. The lowest BCUT2D eigenvalue weighted by Gasteiger charge is -2.08. The van der Waals surface area contributed by atoms with Crippen LogP contribution in [-0.4, -0.2) is 31.1 Å². The Hall–Kier alpha value is -1.69. The van der Waals surface area contributed by atoms with Crippen LogP contribution in [-0.2, 0) is 6.54 Å². The van der Waals surface area contributed by atoms with Gasteiger partial charge in [-0.3, -0.25) is 0 Å². The van der Waals surface area contributed by atoms with E-state index in [1.54, 1.807) is 4.68 Å². The molecule has 2 rings (SSSR count). The van der Waals surface area contributed by atoms with Crippen LogP contribution < -0.4 is 0 Å². The number of nitrogens with zero attached hydrogens (tertiary/aromatic N) is 4. The standard InChI is InChI=1S/C12H18N4O2/c1-4-9(17)6-16-12(13-7-14-16)11-5-10(8(2)3)15-18-11/h5,7-9,17H,4,6H2,1-3H3. The third-order valence-corrected chi connectivity index (χ3v) is 2.81. The summed E-state index contributed by atoms with van der Waals surface area (Å²) in [5, 5.41) is 17.7. The predicted molar refractivity (Wildman–Crippen MR) is 65.9 cm³/mol. The molecule has 0 aromatic carbocycles. The third-order valence-electron chi connectivity index (χ3n) is 2.81. The molecule has 0 amide bonds. The zero-order valence-electron chi connectivity index (χ0n) is 10.9. The van der Waals surface area contributed by atoms with Gasteiger partial charge in [0.05, 0.1) is 18.3 Å². The molecule has 2 heterocycles. The molecule has 0 radical (unpaired) electrons. The summed E-state index contributed by atoms with van der Waals surface area (Å²) in [6.07, 6.45) is 1.69. The second-order valence-corrected chi connectivity index (χ2v) is 4.60. The Morgan fingerprint density at radius 2 is 2.22 bits per heavy atom. The number of hydrogen-bond acceptors (Lipinski definition) is 5. The van der Waals surface area contributed by atoms with Crippen LogP contribution in [0.1, 0.15) is 38.8 Å². The van der Waals surface area contributed by atoms with Gasteiger partial charge < -0.3 is 9.63 Å². The van der Waals surface area contributed by atoms with E-state index in [-0.39, 0.29) is 0 Å². The van der Waals surface area contributed by atoms with Gasteiger partial charge in [-0.2, -0.15) is 5.10 Å². The average Bonchev–Trinajstić information content (AvgIpc) is 2.96. The van der Waals surface area contributed by atoms with Gasteiger partial charge in [0, 0.05) is 6.07 Å². The van der Waals surface area contributed by atoms with Crippen LogP contribution in [0.3, 0.4) is 0 Å². The van der Waals surface area contributed by atoms with Gasteiger partial charge in [0.15, 0.2) is 5.82 Å². The number of hydrogen-bond donors (Lipinski definition) is 1. The highest BCUT2D eigenvalue weighted by Crippen LogP contribution is 2.22. The minimum Gasteiger partial charge on any atom is -0.391 e. The van der Waals surface area contributed by atoms with E-state index in [4.69, 9.17) is 4.52 Å². The molecule has 6 heteroatoms. The SMILES string of the molecule is CCC(O)Cn1ncnc1-c1cc(C(C)C)no1. The number of aliphatic hydroxyl groups is 1. The normalized spacial score (nSPS) is 13.2. The zero-order valence-corrected chi connectivity index (χ0v) is 10.9. The van der Waals surface area contributed by atoms with Crippen molar-refractivity contribution in [3.05, 3.63) is 18.1 Å². The molecule has 6 nitrogen and oxygen atoms in total. The Bertz CT molecular complexity index is 504. The van der Waals surface area contributed by atoms with Crippen LogP contribution in [0, 0.1) is 0 Å². The Balaban J connectivity index is 2.24. The Morgan fingerprint density at radius 1 is 1.44 bits per heavy atom. The molecule has 2 aromatic heterocycles. The fourth-order valence-corrected chi connectivity index (χ4v) is 1.58. The van der Waals surface area contributed by atoms with Gasteiger partial charge in [0.25, 0.3) is 0 Å². The van der Waals surface area contributed by atoms with Crippen molar-refractivity contribution in [3.8, 4) is 11.6 Å². The van der Waals surface area contributed by atoms with E-state index in [9.17, 15) is 5.11 Å². The van der Waals surface area contributed by atoms with Crippen LogP contribution in [0.2, 0.25) is 0 Å². The highest BCUT2D eigenvalue weighted by molar-refractivity contribution is 5.46. The van der Waals surface area contributed by atoms with Crippen molar-refractivity contribution < 1.29 is 9.63 Å². The first kappa shape index (κ1) is 12.8. The molecule has 0 spiro atoms. The van der Waals surface area contributed by atoms with E-state index in [0.29, 0.717) is 30.5 Å². The zero-order chi connectivity index (χ0) is 13.1. The Labute approximate surface area is 106 Å². The average molecular weight is 250 g/mol. The molecule has 1 atom stereocenters. The summed E-state index contributed by atoms with van der Waals surface area (Å²) in [4.78, 5) is 4.15. The second kappa shape index (κ2) is 5.30. The first-order chi connectivity index (χ1) is 8.61. The molecule has 0 fully saturated rings. The molecule has 98 valence electrons. The highest BCUT2D eigenvalue weighted by Gasteiger charge is 2.16. The summed E-state index contributed by atoms with van der Waals surface area (Å²) in [6.45, 7) is 6.43. The van der Waals surface area contributed by atoms with Gasteiger partial charge in [0.2, 0.25) is 5.76 Å². The van der Waals surface area contributed by atoms with E-state index >= 15 is 0 Å². The van der Waals surface area contributed by atoms with Crippen molar-refractivity contribution in [2.75, 3.05) is 0 Å². The summed E-state index contributed by atoms with van der Waals surface area (Å²) in [6, 6.07) is 1.86. The predicted octanol–water partition coefficient (Wildman–Crippen LogP) is 1.83. The third kappa shape index (κ3) is 2.59. The number of rotatable bonds is 5. The smallest absolute Gasteiger partial charge is 0.204 e. The molecule has 18 heavy (non-hydrogen) atoms. The summed E-state index contributed by atoms with van der Waals surface area (Å²) < 4.78 is 6.91. The first-order valence-electron chi connectivity index (χ1n) is 6.14. The van der Waals surface area contributed by atoms with E-state index in [2.05, 4.69) is 15.2 Å². The molecule has 0 saturated carbocycles. The van der Waals surface area contributed by atoms with Crippen LogP contribution in [0.25, 0.3) is 11.6 Å². The van der Waals surface area contributed by atoms with Crippen LogP contribution in [0.4, 0.5) is 0 Å². The van der Waals surface area contributed by atoms with Crippen molar-refractivity contribution in [3.63, 3.8) is 0 Å². The molecular formula is C12H18N4O2. The van der Waals surface area contributed by atoms with Gasteiger partial charge >= 0.3 is 0 Å². The van der Waals surface area contributed by atoms with Gasteiger partial charge in [-0.1, -0.05) is 25.9 Å². The fourth-order valence-electron chi connectivity index (χ4n) is 1.58. The highest BCUT2D eigenvalue weighted by atomic mass is 16.5. The molecule has 2 aromatic rings. The van der Waals surface area contributed by atoms with Crippen molar-refractivity contribution in [2.45, 2.75) is 45.8 Å².